The molecule has 0 aliphatic rings. The van der Waals surface area contributed by atoms with Gasteiger partial charge in [0.25, 0.3) is 0 Å². The van der Waals surface area contributed by atoms with Crippen LogP contribution in [0, 0.1) is 12.7 Å². The van der Waals surface area contributed by atoms with Crippen LogP contribution in [-0.4, -0.2) is 26.8 Å². The molecule has 0 aromatic heterocycles. The fraction of sp³-hybridized carbons (Fsp3) is 0.467. The first kappa shape index (κ1) is 14.9. The molecule has 0 radical (unpaired) electrons. The molecule has 0 fully saturated rings. The van der Waals surface area contributed by atoms with Crippen molar-refractivity contribution >= 4 is 0 Å². The van der Waals surface area contributed by atoms with Crippen molar-refractivity contribution in [3.05, 3.63) is 47.3 Å². The summed E-state index contributed by atoms with van der Waals surface area (Å²) in [5.74, 6) is -0.164. The van der Waals surface area contributed by atoms with Crippen molar-refractivity contribution in [3.8, 4) is 0 Å². The van der Waals surface area contributed by atoms with Gasteiger partial charge >= 0.3 is 0 Å². The van der Waals surface area contributed by atoms with E-state index in [-0.39, 0.29) is 5.82 Å². The Balaban J connectivity index is 2.20. The summed E-state index contributed by atoms with van der Waals surface area (Å²) in [7, 11) is 1.70. The van der Waals surface area contributed by atoms with Crippen LogP contribution in [0.15, 0.2) is 30.4 Å². The topological polar surface area (TPSA) is 21.3 Å². The van der Waals surface area contributed by atoms with Gasteiger partial charge in [0.1, 0.15) is 5.82 Å². The van der Waals surface area contributed by atoms with Gasteiger partial charge in [-0.15, -0.1) is 0 Å². The molecule has 0 spiro atoms. The summed E-state index contributed by atoms with van der Waals surface area (Å²) in [5, 5.41) is 3.28. The minimum absolute atomic E-state index is 0.164. The van der Waals surface area contributed by atoms with Crippen LogP contribution in [0.2, 0.25) is 0 Å². The zero-order valence-electron chi connectivity index (χ0n) is 11.2. The molecule has 1 aromatic carbocycles. The molecule has 0 unspecified atom stereocenters. The second-order valence-corrected chi connectivity index (χ2v) is 4.28. The van der Waals surface area contributed by atoms with Crippen LogP contribution in [-0.2, 0) is 11.2 Å². The first-order valence-corrected chi connectivity index (χ1v) is 6.33. The van der Waals surface area contributed by atoms with Gasteiger partial charge in [-0.2, -0.15) is 0 Å². The molecular formula is C15H22FNO. The first-order valence-electron chi connectivity index (χ1n) is 6.33. The zero-order chi connectivity index (χ0) is 13.2. The molecule has 0 bridgehead atoms. The highest BCUT2D eigenvalue weighted by Crippen LogP contribution is 2.11. The lowest BCUT2D eigenvalue weighted by Gasteiger charge is -2.03. The zero-order valence-corrected chi connectivity index (χ0v) is 11.2. The number of rotatable bonds is 8. The lowest BCUT2D eigenvalue weighted by atomic mass is 10.1. The monoisotopic (exact) mass is 251 g/mol. The molecule has 0 aliphatic carbocycles. The summed E-state index contributed by atoms with van der Waals surface area (Å²) in [4.78, 5) is 0. The van der Waals surface area contributed by atoms with Gasteiger partial charge in [-0.05, 0) is 49.6 Å². The maximum atomic E-state index is 12.9. The number of halogens is 1. The van der Waals surface area contributed by atoms with Crippen molar-refractivity contribution in [2.75, 3.05) is 26.8 Å². The Morgan fingerprint density at radius 3 is 2.83 bits per heavy atom. The van der Waals surface area contributed by atoms with Crippen molar-refractivity contribution in [2.24, 2.45) is 0 Å². The molecule has 0 amide bonds. The lowest BCUT2D eigenvalue weighted by Crippen LogP contribution is -2.19. The van der Waals surface area contributed by atoms with E-state index in [4.69, 9.17) is 4.74 Å². The Hall–Kier alpha value is -1.19. The van der Waals surface area contributed by atoms with E-state index in [2.05, 4.69) is 17.5 Å². The summed E-state index contributed by atoms with van der Waals surface area (Å²) in [6.45, 7) is 4.54. The van der Waals surface area contributed by atoms with Crippen LogP contribution in [0.4, 0.5) is 4.39 Å². The normalized spacial score (nSPS) is 11.3. The van der Waals surface area contributed by atoms with Crippen LogP contribution in [0.3, 0.4) is 0 Å². The van der Waals surface area contributed by atoms with Crippen molar-refractivity contribution in [1.29, 1.82) is 0 Å². The number of aryl methyl sites for hydroxylation is 1. The summed E-state index contributed by atoms with van der Waals surface area (Å²) in [6.07, 6.45) is 6.16. The highest BCUT2D eigenvalue weighted by atomic mass is 19.1. The molecule has 0 heterocycles. The molecule has 1 N–H and O–H groups in total. The predicted octanol–water partition coefficient (Wildman–Crippen LogP) is 2.86. The van der Waals surface area contributed by atoms with Crippen LogP contribution < -0.4 is 5.32 Å². The Bertz CT molecular complexity index is 377. The SMILES string of the molecule is COCCNCC/C=C/Cc1ccc(F)cc1C. The number of nitrogens with one attached hydrogen (secondary N) is 1. The van der Waals surface area contributed by atoms with Crippen molar-refractivity contribution in [2.45, 2.75) is 19.8 Å². The number of allylic oxidation sites excluding steroid dienone is 1. The van der Waals surface area contributed by atoms with E-state index in [1.165, 1.54) is 11.6 Å². The van der Waals surface area contributed by atoms with E-state index in [0.717, 1.165) is 38.1 Å². The molecule has 3 heteroatoms. The summed E-state index contributed by atoms with van der Waals surface area (Å²) >= 11 is 0. The van der Waals surface area contributed by atoms with E-state index in [1.54, 1.807) is 13.2 Å². The second kappa shape index (κ2) is 8.84. The minimum atomic E-state index is -0.164. The maximum absolute atomic E-state index is 12.9. The number of methoxy groups -OCH3 is 1. The van der Waals surface area contributed by atoms with Crippen LogP contribution in [0.1, 0.15) is 17.5 Å². The van der Waals surface area contributed by atoms with Crippen molar-refractivity contribution in [1.82, 2.24) is 5.32 Å². The minimum Gasteiger partial charge on any atom is -0.383 e. The molecule has 18 heavy (non-hydrogen) atoms. The second-order valence-electron chi connectivity index (χ2n) is 4.28. The fourth-order valence-electron chi connectivity index (χ4n) is 1.70. The Morgan fingerprint density at radius 2 is 2.11 bits per heavy atom. The molecule has 0 aliphatic heterocycles. The van der Waals surface area contributed by atoms with E-state index >= 15 is 0 Å². The summed E-state index contributed by atoms with van der Waals surface area (Å²) < 4.78 is 17.8. The van der Waals surface area contributed by atoms with E-state index in [1.807, 2.05) is 13.0 Å². The van der Waals surface area contributed by atoms with Crippen LogP contribution >= 0.6 is 0 Å². The average Bonchev–Trinajstić information content (AvgIpc) is 2.35. The van der Waals surface area contributed by atoms with Gasteiger partial charge in [0.05, 0.1) is 6.61 Å². The Morgan fingerprint density at radius 1 is 1.28 bits per heavy atom. The third-order valence-corrected chi connectivity index (χ3v) is 2.78. The van der Waals surface area contributed by atoms with Gasteiger partial charge < -0.3 is 10.1 Å². The molecule has 0 saturated carbocycles. The first-order chi connectivity index (χ1) is 8.74. The van der Waals surface area contributed by atoms with Gasteiger partial charge in [-0.25, -0.2) is 4.39 Å². The van der Waals surface area contributed by atoms with Gasteiger partial charge in [0.2, 0.25) is 0 Å². The van der Waals surface area contributed by atoms with Crippen molar-refractivity contribution in [3.63, 3.8) is 0 Å². The van der Waals surface area contributed by atoms with Gasteiger partial charge in [-0.3, -0.25) is 0 Å². The smallest absolute Gasteiger partial charge is 0.123 e. The molecule has 2 nitrogen and oxygen atoms in total. The predicted molar refractivity (Wildman–Crippen MR) is 73.3 cm³/mol. The van der Waals surface area contributed by atoms with Crippen LogP contribution in [0.5, 0.6) is 0 Å². The van der Waals surface area contributed by atoms with Crippen LogP contribution in [0.25, 0.3) is 0 Å². The highest BCUT2D eigenvalue weighted by Gasteiger charge is 1.97. The average molecular weight is 251 g/mol. The lowest BCUT2D eigenvalue weighted by molar-refractivity contribution is 0.199. The summed E-state index contributed by atoms with van der Waals surface area (Å²) in [5.41, 5.74) is 2.19. The molecule has 100 valence electrons. The Labute approximate surface area is 109 Å². The molecule has 1 aromatic rings. The molecular weight excluding hydrogens is 229 g/mol. The van der Waals surface area contributed by atoms with Gasteiger partial charge in [0, 0.05) is 13.7 Å². The van der Waals surface area contributed by atoms with Gasteiger partial charge in [-0.1, -0.05) is 18.2 Å². The standard InChI is InChI=1S/C15H22FNO/c1-13-12-15(16)8-7-14(13)6-4-3-5-9-17-10-11-18-2/h3-4,7-8,12,17H,5-6,9-11H2,1-2H3/b4-3+. The molecule has 1 rings (SSSR count). The number of ether oxygens (including phenoxy) is 1. The quantitative estimate of drug-likeness (QED) is 0.566. The molecule has 0 saturated heterocycles. The summed E-state index contributed by atoms with van der Waals surface area (Å²) in [6, 6.07) is 4.95. The Kier molecular flexibility index (Phi) is 7.30. The fourth-order valence-corrected chi connectivity index (χ4v) is 1.70. The number of hydrogen-bond acceptors (Lipinski definition) is 2. The largest absolute Gasteiger partial charge is 0.383 e. The third-order valence-electron chi connectivity index (χ3n) is 2.78. The highest BCUT2D eigenvalue weighted by molar-refractivity contribution is 5.28. The van der Waals surface area contributed by atoms with E-state index < -0.39 is 0 Å². The maximum Gasteiger partial charge on any atom is 0.123 e. The van der Waals surface area contributed by atoms with Gasteiger partial charge in [0.15, 0.2) is 0 Å². The number of benzene rings is 1. The van der Waals surface area contributed by atoms with E-state index in [9.17, 15) is 4.39 Å². The number of hydrogen-bond donors (Lipinski definition) is 1. The third kappa shape index (κ3) is 5.94. The van der Waals surface area contributed by atoms with E-state index in [0.29, 0.717) is 0 Å². The van der Waals surface area contributed by atoms with Crippen molar-refractivity contribution < 1.29 is 9.13 Å². The molecule has 0 atom stereocenters.